The Hall–Kier alpha value is -7.26. The molecule has 10 aromatic rings. The second-order valence-corrected chi connectivity index (χ2v) is 19.9. The van der Waals surface area contributed by atoms with E-state index in [1.165, 1.54) is 45.5 Å². The van der Waals surface area contributed by atoms with Crippen LogP contribution in [0.25, 0.3) is 55.0 Å². The summed E-state index contributed by atoms with van der Waals surface area (Å²) < 4.78 is 176. The molecule has 10 rings (SSSR count). The van der Waals surface area contributed by atoms with Gasteiger partial charge in [-0.2, -0.15) is 52.7 Å². The number of fused-ring (bicyclic) bond motifs is 6. The molecule has 0 bridgehead atoms. The zero-order valence-electron chi connectivity index (χ0n) is 34.3. The smallest absolute Gasteiger partial charge is 0.309 e. The van der Waals surface area contributed by atoms with E-state index in [0.717, 1.165) is 32.9 Å². The molecule has 0 N–H and O–H groups in total. The van der Waals surface area contributed by atoms with Gasteiger partial charge in [0.2, 0.25) is 0 Å². The molecule has 67 heavy (non-hydrogen) atoms. The van der Waals surface area contributed by atoms with Gasteiger partial charge in [0.25, 0.3) is 0 Å². The van der Waals surface area contributed by atoms with Gasteiger partial charge in [0.1, 0.15) is 0 Å². The summed E-state index contributed by atoms with van der Waals surface area (Å²) in [6, 6.07) is 46.3. The van der Waals surface area contributed by atoms with Crippen LogP contribution in [0.4, 0.5) is 52.7 Å². The van der Waals surface area contributed by atoms with Gasteiger partial charge in [-0.05, 0) is 81.4 Å². The van der Waals surface area contributed by atoms with Crippen molar-refractivity contribution in [2.75, 3.05) is 0 Å². The molecule has 0 fully saturated rings. The van der Waals surface area contributed by atoms with E-state index in [0.29, 0.717) is 0 Å². The molecule has 0 aliphatic carbocycles. The van der Waals surface area contributed by atoms with Gasteiger partial charge in [-0.25, -0.2) is 0 Å². The Morgan fingerprint density at radius 3 is 0.940 bits per heavy atom. The highest BCUT2D eigenvalue weighted by Crippen LogP contribution is 2.46. The Labute approximate surface area is 373 Å². The zero-order valence-corrected chi connectivity index (χ0v) is 35.3. The van der Waals surface area contributed by atoms with Gasteiger partial charge >= 0.3 is 24.7 Å². The molecule has 0 aliphatic heterocycles. The number of aromatic nitrogens is 2. The van der Waals surface area contributed by atoms with Crippen LogP contribution in [0.15, 0.2) is 182 Å². The molecule has 0 amide bonds. The Balaban J connectivity index is 1.21. The summed E-state index contributed by atoms with van der Waals surface area (Å²) in [4.78, 5) is 0. The highest BCUT2D eigenvalue weighted by atomic mass is 28.3. The molecular formula is C52H30F12N2Si. The Morgan fingerprint density at radius 2 is 0.612 bits per heavy atom. The van der Waals surface area contributed by atoms with E-state index >= 15 is 0 Å². The zero-order chi connectivity index (χ0) is 47.3. The van der Waals surface area contributed by atoms with E-state index in [1.807, 2.05) is 60.7 Å². The average Bonchev–Trinajstić information content (AvgIpc) is 3.82. The Morgan fingerprint density at radius 1 is 0.299 bits per heavy atom. The third-order valence-electron chi connectivity index (χ3n) is 12.3. The first-order chi connectivity index (χ1) is 31.8. The molecule has 336 valence electrons. The van der Waals surface area contributed by atoms with Gasteiger partial charge in [0.15, 0.2) is 8.07 Å². The van der Waals surface area contributed by atoms with Crippen molar-refractivity contribution in [3.05, 3.63) is 204 Å². The summed E-state index contributed by atoms with van der Waals surface area (Å²) in [5, 5.41) is 3.07. The van der Waals surface area contributed by atoms with Gasteiger partial charge in [0, 0.05) is 32.9 Å². The van der Waals surface area contributed by atoms with Crippen LogP contribution in [0.5, 0.6) is 0 Å². The quantitative estimate of drug-likeness (QED) is 0.0893. The first kappa shape index (κ1) is 43.6. The summed E-state index contributed by atoms with van der Waals surface area (Å²) in [6.07, 6.45) is -20.5. The standard InChI is InChI=1S/C52H30F12N2Si/c53-49(54,55)31-27-41-39-15-7-9-17-45(39)65(47(41)43(29-31)51(59,60)61)33-19-23-37(24-20-33)67(35-11-3-1-4-12-35,36-13-5-2-6-14-36)38-25-21-34(22-26-38)66-46-18-10-8-16-40(46)42-28-32(50(56,57)58)30-44(48(42)66)52(62,63)64/h1-30H. The SMILES string of the molecule is FC(F)(F)c1cc(C(F)(F)F)c2c(c1)c1ccccc1n2-c1ccc([Si](c2ccccc2)(c2ccccc2)c2ccc(-n3c4ccccc4c4cc(C(F)(F)F)cc(C(F)(F)F)c43)cc2)cc1. The molecule has 2 nitrogen and oxygen atoms in total. The first-order valence-electron chi connectivity index (χ1n) is 20.5. The maximum atomic E-state index is 14.8. The van der Waals surface area contributed by atoms with E-state index in [1.54, 1.807) is 60.7 Å². The predicted molar refractivity (Wildman–Crippen MR) is 239 cm³/mol. The lowest BCUT2D eigenvalue weighted by Crippen LogP contribution is -2.74. The van der Waals surface area contributed by atoms with Gasteiger partial charge in [-0.3, -0.25) is 0 Å². The fraction of sp³-hybridized carbons (Fsp3) is 0.0769. The molecule has 0 saturated heterocycles. The molecule has 0 atom stereocenters. The van der Waals surface area contributed by atoms with Crippen molar-refractivity contribution in [3.8, 4) is 11.4 Å². The van der Waals surface area contributed by atoms with E-state index in [2.05, 4.69) is 0 Å². The minimum absolute atomic E-state index is 0.127. The molecule has 2 heterocycles. The van der Waals surface area contributed by atoms with E-state index in [4.69, 9.17) is 0 Å². The third-order valence-corrected chi connectivity index (χ3v) is 17.1. The molecule has 0 radical (unpaired) electrons. The number of alkyl halides is 12. The predicted octanol–water partition coefficient (Wildman–Crippen LogP) is 13.3. The summed E-state index contributed by atoms with van der Waals surface area (Å²) in [5.74, 6) is 0. The third kappa shape index (κ3) is 7.14. The van der Waals surface area contributed by atoms with Crippen molar-refractivity contribution < 1.29 is 52.7 Å². The lowest BCUT2D eigenvalue weighted by Gasteiger charge is -2.34. The van der Waals surface area contributed by atoms with E-state index < -0.39 is 66.1 Å². The first-order valence-corrected chi connectivity index (χ1v) is 22.5. The maximum absolute atomic E-state index is 14.8. The molecule has 15 heteroatoms. The van der Waals surface area contributed by atoms with E-state index in [-0.39, 0.29) is 56.1 Å². The number of halogens is 12. The number of rotatable bonds is 6. The monoisotopic (exact) mass is 938 g/mol. The van der Waals surface area contributed by atoms with Crippen LogP contribution in [-0.2, 0) is 24.7 Å². The Kier molecular flexibility index (Phi) is 10.0. The lowest BCUT2D eigenvalue weighted by atomic mass is 10.0. The summed E-state index contributed by atoms with van der Waals surface area (Å²) in [5.41, 5.74) is -5.73. The van der Waals surface area contributed by atoms with Crippen molar-refractivity contribution in [2.45, 2.75) is 24.7 Å². The Bertz CT molecular complexity index is 3260. The van der Waals surface area contributed by atoms with Crippen molar-refractivity contribution >= 4 is 72.4 Å². The molecule has 0 unspecified atom stereocenters. The van der Waals surface area contributed by atoms with Crippen LogP contribution in [0.3, 0.4) is 0 Å². The van der Waals surface area contributed by atoms with Crippen LogP contribution < -0.4 is 20.7 Å². The van der Waals surface area contributed by atoms with Crippen molar-refractivity contribution in [3.63, 3.8) is 0 Å². The number of nitrogens with zero attached hydrogens (tertiary/aromatic N) is 2. The van der Waals surface area contributed by atoms with Gasteiger partial charge < -0.3 is 9.13 Å². The van der Waals surface area contributed by atoms with E-state index in [9.17, 15) is 52.7 Å². The number of hydrogen-bond donors (Lipinski definition) is 0. The van der Waals surface area contributed by atoms with Crippen LogP contribution in [0, 0.1) is 0 Å². The normalized spacial score (nSPS) is 13.1. The van der Waals surface area contributed by atoms with Crippen molar-refractivity contribution in [1.29, 1.82) is 0 Å². The van der Waals surface area contributed by atoms with Crippen molar-refractivity contribution in [1.82, 2.24) is 9.13 Å². The van der Waals surface area contributed by atoms with Crippen LogP contribution >= 0.6 is 0 Å². The van der Waals surface area contributed by atoms with Gasteiger partial charge in [0.05, 0.1) is 44.3 Å². The second-order valence-electron chi connectivity index (χ2n) is 16.1. The fourth-order valence-corrected chi connectivity index (χ4v) is 14.3. The van der Waals surface area contributed by atoms with Crippen LogP contribution in [-0.4, -0.2) is 17.2 Å². The molecule has 0 aliphatic rings. The summed E-state index contributed by atoms with van der Waals surface area (Å²) >= 11 is 0. The highest BCUT2D eigenvalue weighted by Gasteiger charge is 2.44. The minimum Gasteiger partial charge on any atom is -0.309 e. The number of benzene rings is 8. The fourth-order valence-electron chi connectivity index (χ4n) is 9.59. The summed E-state index contributed by atoms with van der Waals surface area (Å²) in [6.45, 7) is 0. The molecule has 2 aromatic heterocycles. The largest absolute Gasteiger partial charge is 0.418 e. The molecular weight excluding hydrogens is 909 g/mol. The van der Waals surface area contributed by atoms with Crippen LogP contribution in [0.1, 0.15) is 22.3 Å². The average molecular weight is 939 g/mol. The van der Waals surface area contributed by atoms with Gasteiger partial charge in [-0.1, -0.05) is 121 Å². The molecule has 0 saturated carbocycles. The highest BCUT2D eigenvalue weighted by molar-refractivity contribution is 7.19. The maximum Gasteiger partial charge on any atom is 0.418 e. The minimum atomic E-state index is -5.17. The van der Waals surface area contributed by atoms with Gasteiger partial charge in [-0.15, -0.1) is 0 Å². The molecule has 8 aromatic carbocycles. The topological polar surface area (TPSA) is 9.86 Å². The summed E-state index contributed by atoms with van der Waals surface area (Å²) in [7, 11) is -3.50. The number of para-hydroxylation sites is 2. The molecule has 0 spiro atoms. The lowest BCUT2D eigenvalue weighted by molar-refractivity contribution is -0.143. The number of hydrogen-bond acceptors (Lipinski definition) is 0. The van der Waals surface area contributed by atoms with Crippen LogP contribution in [0.2, 0.25) is 0 Å². The van der Waals surface area contributed by atoms with Crippen molar-refractivity contribution in [2.24, 2.45) is 0 Å². The second kappa shape index (κ2) is 15.4.